The monoisotopic (exact) mass is 456 g/mol. The molecule has 168 valence electrons. The Morgan fingerprint density at radius 2 is 1.91 bits per heavy atom. The fraction of sp³-hybridized carbons (Fsp3) is 0.304. The predicted octanol–water partition coefficient (Wildman–Crippen LogP) is 3.15. The molecule has 1 aromatic heterocycles. The van der Waals surface area contributed by atoms with Gasteiger partial charge in [0.15, 0.2) is 0 Å². The summed E-state index contributed by atoms with van der Waals surface area (Å²) >= 11 is 0. The van der Waals surface area contributed by atoms with E-state index >= 15 is 0 Å². The molecule has 2 heterocycles. The fourth-order valence-electron chi connectivity index (χ4n) is 3.92. The number of nitrogens with one attached hydrogen (secondary N) is 1. The van der Waals surface area contributed by atoms with Crippen LogP contribution in [-0.4, -0.2) is 38.8 Å². The van der Waals surface area contributed by atoms with Crippen LogP contribution < -0.4 is 15.7 Å². The maximum Gasteiger partial charge on any atom is 0.336 e. The maximum atomic E-state index is 13.0. The summed E-state index contributed by atoms with van der Waals surface area (Å²) in [6.07, 6.45) is 1.17. The number of rotatable bonds is 5. The number of benzene rings is 2. The topological polar surface area (TPSA) is 106 Å². The van der Waals surface area contributed by atoms with E-state index in [0.717, 1.165) is 10.9 Å². The van der Waals surface area contributed by atoms with Gasteiger partial charge in [0.25, 0.3) is 0 Å². The zero-order valence-corrected chi connectivity index (χ0v) is 18.6. The van der Waals surface area contributed by atoms with Crippen LogP contribution in [0.4, 0.5) is 5.69 Å². The molecule has 2 aromatic carbocycles. The summed E-state index contributed by atoms with van der Waals surface area (Å²) in [5, 5.41) is 3.62. The van der Waals surface area contributed by atoms with Crippen molar-refractivity contribution < 1.29 is 22.4 Å². The van der Waals surface area contributed by atoms with Gasteiger partial charge in [0.05, 0.1) is 17.9 Å². The third kappa shape index (κ3) is 4.39. The van der Waals surface area contributed by atoms with Gasteiger partial charge in [-0.15, -0.1) is 0 Å². The highest BCUT2D eigenvalue weighted by molar-refractivity contribution is 7.89. The van der Waals surface area contributed by atoms with Crippen LogP contribution in [-0.2, 0) is 14.8 Å². The third-order valence-electron chi connectivity index (χ3n) is 5.67. The van der Waals surface area contributed by atoms with Gasteiger partial charge in [0, 0.05) is 36.3 Å². The molecular weight excluding hydrogens is 432 g/mol. The molecule has 8 nitrogen and oxygen atoms in total. The Morgan fingerprint density at radius 1 is 1.16 bits per heavy atom. The highest BCUT2D eigenvalue weighted by Gasteiger charge is 2.33. The first-order valence-corrected chi connectivity index (χ1v) is 11.7. The molecule has 1 amide bonds. The summed E-state index contributed by atoms with van der Waals surface area (Å²) < 4.78 is 37.7. The number of sulfonamides is 1. The van der Waals surface area contributed by atoms with Crippen molar-refractivity contribution in [2.24, 2.45) is 5.92 Å². The first-order chi connectivity index (χ1) is 15.3. The van der Waals surface area contributed by atoms with Crippen molar-refractivity contribution in [2.75, 3.05) is 25.5 Å². The van der Waals surface area contributed by atoms with Crippen molar-refractivity contribution >= 4 is 32.6 Å². The van der Waals surface area contributed by atoms with Gasteiger partial charge in [-0.3, -0.25) is 4.79 Å². The molecule has 0 aliphatic carbocycles. The van der Waals surface area contributed by atoms with E-state index in [4.69, 9.17) is 9.15 Å². The number of ether oxygens (including phenoxy) is 1. The smallest absolute Gasteiger partial charge is 0.336 e. The second-order valence-electron chi connectivity index (χ2n) is 7.83. The molecule has 1 unspecified atom stereocenters. The minimum Gasteiger partial charge on any atom is -0.497 e. The van der Waals surface area contributed by atoms with Gasteiger partial charge in [-0.25, -0.2) is 13.2 Å². The number of hydrogen-bond donors (Lipinski definition) is 1. The normalized spacial score (nSPS) is 17.2. The fourth-order valence-corrected chi connectivity index (χ4v) is 5.44. The Bertz CT molecular complexity index is 1310. The van der Waals surface area contributed by atoms with Crippen LogP contribution in [0.15, 0.2) is 62.6 Å². The number of carbonyl (C=O) groups excluding carboxylic acids is 1. The summed E-state index contributed by atoms with van der Waals surface area (Å²) in [5.41, 5.74) is 1.22. The molecule has 1 atom stereocenters. The van der Waals surface area contributed by atoms with Crippen LogP contribution in [0.25, 0.3) is 11.0 Å². The number of amides is 1. The molecule has 0 spiro atoms. The molecule has 1 saturated heterocycles. The summed E-state index contributed by atoms with van der Waals surface area (Å²) in [6, 6.07) is 12.7. The van der Waals surface area contributed by atoms with Crippen molar-refractivity contribution in [1.82, 2.24) is 4.31 Å². The second-order valence-corrected chi connectivity index (χ2v) is 9.76. The van der Waals surface area contributed by atoms with Crippen molar-refractivity contribution in [3.05, 3.63) is 64.5 Å². The lowest BCUT2D eigenvalue weighted by molar-refractivity contribution is -0.120. The number of methoxy groups -OCH3 is 1. The largest absolute Gasteiger partial charge is 0.497 e. The molecule has 4 rings (SSSR count). The lowest BCUT2D eigenvalue weighted by Gasteiger charge is -2.31. The van der Waals surface area contributed by atoms with E-state index in [1.165, 1.54) is 29.6 Å². The zero-order valence-electron chi connectivity index (χ0n) is 17.8. The van der Waals surface area contributed by atoms with E-state index in [1.807, 2.05) is 6.92 Å². The molecule has 0 saturated carbocycles. The number of hydrogen-bond acceptors (Lipinski definition) is 6. The Morgan fingerprint density at radius 3 is 2.62 bits per heavy atom. The summed E-state index contributed by atoms with van der Waals surface area (Å²) in [7, 11) is -2.20. The lowest BCUT2D eigenvalue weighted by Crippen LogP contribution is -2.43. The van der Waals surface area contributed by atoms with Crippen LogP contribution in [0.3, 0.4) is 0 Å². The Balaban J connectivity index is 1.50. The van der Waals surface area contributed by atoms with Crippen molar-refractivity contribution in [1.29, 1.82) is 0 Å². The third-order valence-corrected chi connectivity index (χ3v) is 7.55. The maximum absolute atomic E-state index is 13.0. The van der Waals surface area contributed by atoms with Crippen LogP contribution in [0.1, 0.15) is 18.4 Å². The molecule has 1 aliphatic rings. The van der Waals surface area contributed by atoms with Gasteiger partial charge in [-0.1, -0.05) is 0 Å². The van der Waals surface area contributed by atoms with E-state index in [2.05, 4.69) is 5.32 Å². The molecule has 9 heteroatoms. The minimum absolute atomic E-state index is 0.0992. The molecule has 0 bridgehead atoms. The van der Waals surface area contributed by atoms with Gasteiger partial charge >= 0.3 is 5.63 Å². The van der Waals surface area contributed by atoms with E-state index in [-0.39, 0.29) is 17.3 Å². The SMILES string of the molecule is COc1ccc(S(=O)(=O)N2CCCC(C(=O)Nc3ccc4c(C)cc(=O)oc4c3)C2)cc1. The lowest BCUT2D eigenvalue weighted by atomic mass is 9.98. The van der Waals surface area contributed by atoms with E-state index < -0.39 is 21.6 Å². The highest BCUT2D eigenvalue weighted by atomic mass is 32.2. The molecule has 1 aliphatic heterocycles. The van der Waals surface area contributed by atoms with Crippen molar-refractivity contribution in [3.63, 3.8) is 0 Å². The minimum atomic E-state index is -3.72. The van der Waals surface area contributed by atoms with Gasteiger partial charge in [-0.2, -0.15) is 4.31 Å². The molecule has 1 N–H and O–H groups in total. The second kappa shape index (κ2) is 8.76. The quantitative estimate of drug-likeness (QED) is 0.591. The average Bonchev–Trinajstić information content (AvgIpc) is 2.78. The van der Waals surface area contributed by atoms with Crippen LogP contribution in [0.2, 0.25) is 0 Å². The van der Waals surface area contributed by atoms with Crippen LogP contribution in [0.5, 0.6) is 5.75 Å². The molecule has 1 fully saturated rings. The van der Waals surface area contributed by atoms with Gasteiger partial charge in [0.2, 0.25) is 15.9 Å². The van der Waals surface area contributed by atoms with Crippen LogP contribution in [0, 0.1) is 12.8 Å². The van der Waals surface area contributed by atoms with Gasteiger partial charge in [0.1, 0.15) is 11.3 Å². The first kappa shape index (κ1) is 22.0. The standard InChI is InChI=1S/C23H24N2O6S/c1-15-12-22(26)31-21-13-17(5-10-20(15)21)24-23(27)16-4-3-11-25(14-16)32(28,29)19-8-6-18(30-2)7-9-19/h5-10,12-13,16H,3-4,11,14H2,1-2H3,(H,24,27). The summed E-state index contributed by atoms with van der Waals surface area (Å²) in [6.45, 7) is 2.28. The molecule has 0 radical (unpaired) electrons. The average molecular weight is 457 g/mol. The zero-order chi connectivity index (χ0) is 22.9. The molecular formula is C23H24N2O6S. The highest BCUT2D eigenvalue weighted by Crippen LogP contribution is 2.27. The van der Waals surface area contributed by atoms with Gasteiger partial charge in [-0.05, 0) is 61.7 Å². The number of aryl methyl sites for hydroxylation is 1. The molecule has 32 heavy (non-hydrogen) atoms. The number of carbonyl (C=O) groups is 1. The summed E-state index contributed by atoms with van der Waals surface area (Å²) in [5.74, 6) is -0.188. The van der Waals surface area contributed by atoms with Crippen molar-refractivity contribution in [2.45, 2.75) is 24.7 Å². The Hall–Kier alpha value is -3.17. The predicted molar refractivity (Wildman–Crippen MR) is 120 cm³/mol. The Kier molecular flexibility index (Phi) is 6.03. The van der Waals surface area contributed by atoms with Crippen LogP contribution >= 0.6 is 0 Å². The number of anilines is 1. The number of fused-ring (bicyclic) bond motifs is 1. The van der Waals surface area contributed by atoms with E-state index in [1.54, 1.807) is 30.3 Å². The first-order valence-electron chi connectivity index (χ1n) is 10.3. The Labute approximate surface area is 185 Å². The number of nitrogens with zero attached hydrogens (tertiary/aromatic N) is 1. The molecule has 3 aromatic rings. The van der Waals surface area contributed by atoms with Gasteiger partial charge < -0.3 is 14.5 Å². The van der Waals surface area contributed by atoms with E-state index in [0.29, 0.717) is 36.4 Å². The van der Waals surface area contributed by atoms with E-state index in [9.17, 15) is 18.0 Å². The van der Waals surface area contributed by atoms with Crippen molar-refractivity contribution in [3.8, 4) is 5.75 Å². The summed E-state index contributed by atoms with van der Waals surface area (Å²) in [4.78, 5) is 24.7. The number of piperidine rings is 1.